The molecular formula is C7H17ISi. The maximum atomic E-state index is 2.47. The molecule has 0 unspecified atom stereocenters. The first-order valence-corrected chi connectivity index (χ1v) is 7.50. The highest BCUT2D eigenvalue weighted by atomic mass is 127. The first-order valence-electron chi connectivity index (χ1n) is 3.97. The topological polar surface area (TPSA) is 0 Å². The molecule has 9 heavy (non-hydrogen) atoms. The third kappa shape index (κ3) is 8.95. The van der Waals surface area contributed by atoms with Gasteiger partial charge in [-0.25, -0.2) is 0 Å². The van der Waals surface area contributed by atoms with Gasteiger partial charge in [-0.2, -0.15) is 0 Å². The Morgan fingerprint density at radius 2 is 1.89 bits per heavy atom. The Morgan fingerprint density at radius 3 is 2.44 bits per heavy atom. The van der Waals surface area contributed by atoms with Crippen LogP contribution in [-0.2, 0) is 0 Å². The summed E-state index contributed by atoms with van der Waals surface area (Å²) >= 11 is 2.47. The zero-order chi connectivity index (χ0) is 6.95. The summed E-state index contributed by atoms with van der Waals surface area (Å²) in [6.45, 7) is 2.28. The van der Waals surface area contributed by atoms with Gasteiger partial charge in [0.2, 0.25) is 0 Å². The number of hydrogen-bond acceptors (Lipinski definition) is 0. The van der Waals surface area contributed by atoms with E-state index in [0.29, 0.717) is 9.52 Å². The van der Waals surface area contributed by atoms with Gasteiger partial charge in [0, 0.05) is 9.52 Å². The Hall–Kier alpha value is 0.947. The predicted octanol–water partition coefficient (Wildman–Crippen LogP) is 2.62. The molecule has 0 aliphatic rings. The van der Waals surface area contributed by atoms with E-state index in [9.17, 15) is 0 Å². The van der Waals surface area contributed by atoms with E-state index in [2.05, 4.69) is 29.5 Å². The van der Waals surface area contributed by atoms with Crippen molar-refractivity contribution in [3.05, 3.63) is 0 Å². The fraction of sp³-hybridized carbons (Fsp3) is 1.00. The lowest BCUT2D eigenvalue weighted by Gasteiger charge is -1.94. The van der Waals surface area contributed by atoms with Crippen molar-refractivity contribution in [2.75, 3.05) is 4.43 Å². The van der Waals surface area contributed by atoms with Crippen LogP contribution in [0, 0.1) is 0 Å². The van der Waals surface area contributed by atoms with E-state index in [1.165, 1.54) is 23.7 Å². The van der Waals surface area contributed by atoms with Crippen LogP contribution in [0.2, 0.25) is 12.1 Å². The summed E-state index contributed by atoms with van der Waals surface area (Å²) in [5.74, 6) is 0. The van der Waals surface area contributed by atoms with Crippen LogP contribution >= 0.6 is 22.6 Å². The second-order valence-corrected chi connectivity index (χ2v) is 5.66. The van der Waals surface area contributed by atoms with Gasteiger partial charge in [-0.05, 0) is 10.8 Å². The van der Waals surface area contributed by atoms with Crippen molar-refractivity contribution in [3.63, 3.8) is 0 Å². The van der Waals surface area contributed by atoms with Crippen LogP contribution < -0.4 is 0 Å². The fourth-order valence-electron chi connectivity index (χ4n) is 0.875. The smallest absolute Gasteiger partial charge is 0.0198 e. The molecule has 0 aromatic rings. The highest BCUT2D eigenvalue weighted by molar-refractivity contribution is 14.1. The van der Waals surface area contributed by atoms with Crippen molar-refractivity contribution < 1.29 is 0 Å². The molecule has 0 nitrogen and oxygen atoms in total. The van der Waals surface area contributed by atoms with Gasteiger partial charge in [0.15, 0.2) is 0 Å². The van der Waals surface area contributed by atoms with E-state index < -0.39 is 0 Å². The first-order chi connectivity index (χ1) is 4.41. The fourth-order valence-corrected chi connectivity index (χ4v) is 4.24. The lowest BCUT2D eigenvalue weighted by atomic mass is 10.4. The Bertz CT molecular complexity index is 42.2. The van der Waals surface area contributed by atoms with E-state index in [0.717, 1.165) is 0 Å². The van der Waals surface area contributed by atoms with Crippen molar-refractivity contribution in [2.45, 2.75) is 38.3 Å². The van der Waals surface area contributed by atoms with Gasteiger partial charge in [0.1, 0.15) is 0 Å². The monoisotopic (exact) mass is 256 g/mol. The molecule has 0 aliphatic heterocycles. The van der Waals surface area contributed by atoms with Crippen molar-refractivity contribution in [1.29, 1.82) is 0 Å². The zero-order valence-electron chi connectivity index (χ0n) is 6.33. The van der Waals surface area contributed by atoms with Crippen molar-refractivity contribution >= 4 is 32.1 Å². The average molecular weight is 256 g/mol. The van der Waals surface area contributed by atoms with E-state index in [1.54, 1.807) is 12.1 Å². The Labute approximate surface area is 74.8 Å². The average Bonchev–Trinajstić information content (AvgIpc) is 1.89. The largest absolute Gasteiger partial charge is 0.0864 e. The molecule has 0 bridgehead atoms. The molecule has 0 saturated heterocycles. The molecule has 0 saturated carbocycles. The van der Waals surface area contributed by atoms with Crippen molar-refractivity contribution in [2.24, 2.45) is 0 Å². The molecular weight excluding hydrogens is 239 g/mol. The number of unbranched alkanes of at least 4 members (excludes halogenated alkanes) is 1. The number of halogens is 1. The van der Waals surface area contributed by atoms with E-state index >= 15 is 0 Å². The second-order valence-electron chi connectivity index (χ2n) is 2.46. The third-order valence-corrected chi connectivity index (χ3v) is 4.25. The van der Waals surface area contributed by atoms with E-state index in [4.69, 9.17) is 0 Å². The molecule has 0 fully saturated rings. The minimum atomic E-state index is 0.385. The van der Waals surface area contributed by atoms with E-state index in [1.807, 2.05) is 0 Å². The Morgan fingerprint density at radius 1 is 1.22 bits per heavy atom. The predicted molar refractivity (Wildman–Crippen MR) is 56.6 cm³/mol. The molecule has 0 N–H and O–H groups in total. The lowest BCUT2D eigenvalue weighted by Crippen LogP contribution is -1.88. The number of hydrogen-bond donors (Lipinski definition) is 0. The summed E-state index contributed by atoms with van der Waals surface area (Å²) in [6, 6.07) is 3.18. The molecule has 0 heterocycles. The summed E-state index contributed by atoms with van der Waals surface area (Å²) in [7, 11) is 0.385. The Kier molecular flexibility index (Phi) is 9.89. The molecule has 0 amide bonds. The SMILES string of the molecule is CCCC[SiH2]CCCI. The minimum absolute atomic E-state index is 0.385. The van der Waals surface area contributed by atoms with Gasteiger partial charge in [-0.15, -0.1) is 0 Å². The van der Waals surface area contributed by atoms with Crippen LogP contribution in [0.5, 0.6) is 0 Å². The molecule has 0 aromatic carbocycles. The molecule has 0 rings (SSSR count). The highest BCUT2D eigenvalue weighted by Gasteiger charge is 1.87. The van der Waals surface area contributed by atoms with Gasteiger partial charge in [-0.1, -0.05) is 54.4 Å². The van der Waals surface area contributed by atoms with Crippen LogP contribution in [0.4, 0.5) is 0 Å². The van der Waals surface area contributed by atoms with E-state index in [-0.39, 0.29) is 0 Å². The molecule has 56 valence electrons. The maximum Gasteiger partial charge on any atom is 0.0198 e. The summed E-state index contributed by atoms with van der Waals surface area (Å²) in [5, 5.41) is 0. The van der Waals surface area contributed by atoms with Gasteiger partial charge in [-0.3, -0.25) is 0 Å². The van der Waals surface area contributed by atoms with Crippen LogP contribution in [0.3, 0.4) is 0 Å². The summed E-state index contributed by atoms with van der Waals surface area (Å²) in [4.78, 5) is 0. The maximum absolute atomic E-state index is 2.47. The number of alkyl halides is 1. The number of rotatable bonds is 6. The molecule has 0 aliphatic carbocycles. The van der Waals surface area contributed by atoms with Crippen LogP contribution in [0.15, 0.2) is 0 Å². The highest BCUT2D eigenvalue weighted by Crippen LogP contribution is 2.00. The second kappa shape index (κ2) is 8.95. The summed E-state index contributed by atoms with van der Waals surface area (Å²) < 4.78 is 1.37. The van der Waals surface area contributed by atoms with Crippen LogP contribution in [-0.4, -0.2) is 13.9 Å². The quantitative estimate of drug-likeness (QED) is 0.296. The molecule has 0 aromatic heterocycles. The Balaban J connectivity index is 2.60. The lowest BCUT2D eigenvalue weighted by molar-refractivity contribution is 0.875. The normalized spacial score (nSPS) is 11.3. The minimum Gasteiger partial charge on any atom is -0.0864 e. The van der Waals surface area contributed by atoms with Gasteiger partial charge in [0.25, 0.3) is 0 Å². The molecule has 0 radical (unpaired) electrons. The van der Waals surface area contributed by atoms with Crippen molar-refractivity contribution in [3.8, 4) is 0 Å². The van der Waals surface area contributed by atoms with Crippen LogP contribution in [0.25, 0.3) is 0 Å². The summed E-state index contributed by atoms with van der Waals surface area (Å²) in [5.41, 5.74) is 0. The molecule has 0 spiro atoms. The van der Waals surface area contributed by atoms with Gasteiger partial charge in [0.05, 0.1) is 0 Å². The summed E-state index contributed by atoms with van der Waals surface area (Å²) in [6.07, 6.45) is 4.38. The van der Waals surface area contributed by atoms with Gasteiger partial charge >= 0.3 is 0 Å². The third-order valence-electron chi connectivity index (χ3n) is 1.49. The van der Waals surface area contributed by atoms with Crippen LogP contribution in [0.1, 0.15) is 26.2 Å². The standard InChI is InChI=1S/C7H17ISi/c1-2-3-6-9-7-4-5-8/h2-7,9H2,1H3. The van der Waals surface area contributed by atoms with Crippen molar-refractivity contribution in [1.82, 2.24) is 0 Å². The zero-order valence-corrected chi connectivity index (χ0v) is 9.90. The first kappa shape index (κ1) is 9.95. The molecule has 2 heteroatoms. The van der Waals surface area contributed by atoms with Gasteiger partial charge < -0.3 is 0 Å². The molecule has 0 atom stereocenters.